The fourth-order valence-corrected chi connectivity index (χ4v) is 1.68. The third-order valence-corrected chi connectivity index (χ3v) is 2.65. The molecule has 0 rings (SSSR count). The number of hydrogen-bond acceptors (Lipinski definition) is 6. The number of carbonyl (C=O) groups excluding carboxylic acids is 2. The van der Waals surface area contributed by atoms with Gasteiger partial charge in [0.05, 0.1) is 0 Å². The maximum absolute atomic E-state index is 11.0. The van der Waals surface area contributed by atoms with Gasteiger partial charge in [-0.2, -0.15) is 0 Å². The molecule has 94 valence electrons. The van der Waals surface area contributed by atoms with Crippen molar-refractivity contribution in [3.8, 4) is 0 Å². The van der Waals surface area contributed by atoms with Crippen LogP contribution in [0.4, 0.5) is 0 Å². The monoisotopic (exact) mass is 232 g/mol. The summed E-state index contributed by atoms with van der Waals surface area (Å²) in [5.74, 6) is -2.62. The van der Waals surface area contributed by atoms with Crippen molar-refractivity contribution in [2.75, 3.05) is 13.2 Å². The Labute approximate surface area is 93.5 Å². The van der Waals surface area contributed by atoms with Gasteiger partial charge < -0.3 is 30.0 Å². The van der Waals surface area contributed by atoms with Crippen LogP contribution in [0.25, 0.3) is 0 Å². The van der Waals surface area contributed by atoms with Crippen LogP contribution in [0.5, 0.6) is 0 Å². The molecular weight excluding hydrogens is 216 g/mol. The average molecular weight is 232 g/mol. The molecule has 0 aliphatic rings. The summed E-state index contributed by atoms with van der Waals surface area (Å²) in [4.78, 5) is 21.2. The molecule has 0 amide bonds. The van der Waals surface area contributed by atoms with E-state index >= 15 is 0 Å². The van der Waals surface area contributed by atoms with Crippen LogP contribution in [0, 0.1) is 5.41 Å². The molecule has 0 spiro atoms. The summed E-state index contributed by atoms with van der Waals surface area (Å²) in [5.41, 5.74) is -1.35. The molecule has 0 aromatic heterocycles. The third-order valence-electron chi connectivity index (χ3n) is 2.65. The van der Waals surface area contributed by atoms with Crippen molar-refractivity contribution in [3.05, 3.63) is 0 Å². The number of hydrogen-bond donors (Lipinski definition) is 2. The molecule has 0 unspecified atom stereocenters. The summed E-state index contributed by atoms with van der Waals surface area (Å²) in [5, 5.41) is 38.7. The molecule has 0 atom stereocenters. The van der Waals surface area contributed by atoms with E-state index in [0.29, 0.717) is 0 Å². The van der Waals surface area contributed by atoms with Gasteiger partial charge in [-0.3, -0.25) is 0 Å². The van der Waals surface area contributed by atoms with Gasteiger partial charge in [0.15, 0.2) is 0 Å². The van der Waals surface area contributed by atoms with E-state index < -0.39 is 17.4 Å². The smallest absolute Gasteiger partial charge is 0.0477 e. The number of carboxylic acid groups (broad SMARTS) is 2. The Hall–Kier alpha value is -1.14. The lowest BCUT2D eigenvalue weighted by Crippen LogP contribution is -2.44. The first-order chi connectivity index (χ1) is 7.48. The second-order valence-electron chi connectivity index (χ2n) is 3.74. The van der Waals surface area contributed by atoms with E-state index in [1.807, 2.05) is 0 Å². The van der Waals surface area contributed by atoms with E-state index in [9.17, 15) is 19.8 Å². The summed E-state index contributed by atoms with van der Waals surface area (Å²) in [7, 11) is 0. The normalized spacial score (nSPS) is 11.4. The van der Waals surface area contributed by atoms with Crippen molar-refractivity contribution in [3.63, 3.8) is 0 Å². The molecular formula is C10H16O6-2. The average Bonchev–Trinajstić information content (AvgIpc) is 2.17. The Kier molecular flexibility index (Phi) is 6.67. The van der Waals surface area contributed by atoms with E-state index in [4.69, 9.17) is 10.2 Å². The molecule has 0 heterocycles. The topological polar surface area (TPSA) is 121 Å². The van der Waals surface area contributed by atoms with Crippen LogP contribution in [0.1, 0.15) is 32.1 Å². The summed E-state index contributed by atoms with van der Waals surface area (Å²) in [6, 6.07) is 0. The lowest BCUT2D eigenvalue weighted by atomic mass is 9.77. The van der Waals surface area contributed by atoms with Gasteiger partial charge in [0.1, 0.15) is 0 Å². The van der Waals surface area contributed by atoms with Gasteiger partial charge in [-0.05, 0) is 32.1 Å². The van der Waals surface area contributed by atoms with Crippen LogP contribution in [0.3, 0.4) is 0 Å². The van der Waals surface area contributed by atoms with Crippen LogP contribution in [0.2, 0.25) is 0 Å². The molecule has 0 aromatic rings. The first-order valence-electron chi connectivity index (χ1n) is 5.11. The molecule has 2 N–H and O–H groups in total. The van der Waals surface area contributed by atoms with Gasteiger partial charge >= 0.3 is 0 Å². The van der Waals surface area contributed by atoms with E-state index in [1.165, 1.54) is 0 Å². The first-order valence-corrected chi connectivity index (χ1v) is 5.11. The molecule has 16 heavy (non-hydrogen) atoms. The Bertz CT molecular complexity index is 231. The highest BCUT2D eigenvalue weighted by atomic mass is 16.4. The largest absolute Gasteiger partial charge is 0.550 e. The van der Waals surface area contributed by atoms with Gasteiger partial charge in [-0.25, -0.2) is 0 Å². The van der Waals surface area contributed by atoms with Gasteiger partial charge in [0, 0.05) is 30.6 Å². The minimum atomic E-state index is -1.37. The summed E-state index contributed by atoms with van der Waals surface area (Å²) >= 11 is 0. The number of carboxylic acids is 2. The molecule has 0 aliphatic heterocycles. The summed E-state index contributed by atoms with van der Waals surface area (Å²) in [6.45, 7) is -0.696. The maximum Gasteiger partial charge on any atom is 0.0477 e. The van der Waals surface area contributed by atoms with Gasteiger partial charge in [-0.15, -0.1) is 0 Å². The number of aliphatic hydroxyl groups excluding tert-OH is 2. The van der Waals surface area contributed by atoms with E-state index in [0.717, 1.165) is 0 Å². The second kappa shape index (κ2) is 7.19. The third kappa shape index (κ3) is 4.59. The SMILES string of the molecule is O=C([O-])CCCC(CCO)(CCO)C(=O)[O-]. The first kappa shape index (κ1) is 14.9. The van der Waals surface area contributed by atoms with Crippen LogP contribution in [-0.2, 0) is 9.59 Å². The Morgan fingerprint density at radius 3 is 1.81 bits per heavy atom. The maximum atomic E-state index is 11.0. The van der Waals surface area contributed by atoms with E-state index in [1.54, 1.807) is 0 Å². The summed E-state index contributed by atoms with van der Waals surface area (Å²) < 4.78 is 0. The number of aliphatic hydroxyl groups is 2. The lowest BCUT2D eigenvalue weighted by molar-refractivity contribution is -0.322. The van der Waals surface area contributed by atoms with Crippen LogP contribution >= 0.6 is 0 Å². The van der Waals surface area contributed by atoms with Crippen LogP contribution < -0.4 is 10.2 Å². The standard InChI is InChI=1S/C10H18O6/c11-6-4-10(5-7-12,9(15)16)3-1-2-8(13)14/h11-12H,1-7H2,(H,13,14)(H,15,16)/p-2. The fourth-order valence-electron chi connectivity index (χ4n) is 1.68. The van der Waals surface area contributed by atoms with Crippen molar-refractivity contribution in [1.82, 2.24) is 0 Å². The lowest BCUT2D eigenvalue weighted by Gasteiger charge is -2.34. The van der Waals surface area contributed by atoms with Gasteiger partial charge in [-0.1, -0.05) is 0 Å². The van der Waals surface area contributed by atoms with Crippen molar-refractivity contribution < 1.29 is 30.0 Å². The number of carbonyl (C=O) groups is 2. The van der Waals surface area contributed by atoms with Crippen LogP contribution in [-0.4, -0.2) is 35.4 Å². The molecule has 0 radical (unpaired) electrons. The van der Waals surface area contributed by atoms with E-state index in [-0.39, 0.29) is 45.3 Å². The van der Waals surface area contributed by atoms with Gasteiger partial charge in [0.25, 0.3) is 0 Å². The molecule has 0 bridgehead atoms. The summed E-state index contributed by atoms with van der Waals surface area (Å²) in [6.07, 6.45) is -0.182. The highest BCUT2D eigenvalue weighted by molar-refractivity contribution is 5.72. The van der Waals surface area contributed by atoms with Crippen molar-refractivity contribution in [2.24, 2.45) is 5.41 Å². The quantitative estimate of drug-likeness (QED) is 0.450. The minimum absolute atomic E-state index is 0.0461. The zero-order chi connectivity index (χ0) is 12.6. The molecule has 0 saturated carbocycles. The molecule has 6 nitrogen and oxygen atoms in total. The highest BCUT2D eigenvalue weighted by Gasteiger charge is 2.30. The molecule has 0 fully saturated rings. The van der Waals surface area contributed by atoms with Crippen molar-refractivity contribution >= 4 is 11.9 Å². The molecule has 0 aliphatic carbocycles. The fraction of sp³-hybridized carbons (Fsp3) is 0.800. The molecule has 0 saturated heterocycles. The van der Waals surface area contributed by atoms with Crippen molar-refractivity contribution in [2.45, 2.75) is 32.1 Å². The number of aliphatic carboxylic acids is 2. The zero-order valence-electron chi connectivity index (χ0n) is 8.98. The zero-order valence-corrected chi connectivity index (χ0v) is 8.98. The Morgan fingerprint density at radius 1 is 1.00 bits per heavy atom. The highest BCUT2D eigenvalue weighted by Crippen LogP contribution is 2.31. The second-order valence-corrected chi connectivity index (χ2v) is 3.74. The van der Waals surface area contributed by atoms with Crippen molar-refractivity contribution in [1.29, 1.82) is 0 Å². The van der Waals surface area contributed by atoms with E-state index in [2.05, 4.69) is 0 Å². The predicted octanol–water partition coefficient (Wildman–Crippen LogP) is -2.59. The van der Waals surface area contributed by atoms with Crippen LogP contribution in [0.15, 0.2) is 0 Å². The Balaban J connectivity index is 4.48. The number of rotatable bonds is 9. The molecule has 0 aromatic carbocycles. The predicted molar refractivity (Wildman–Crippen MR) is 49.7 cm³/mol. The Morgan fingerprint density at radius 2 is 1.50 bits per heavy atom. The van der Waals surface area contributed by atoms with Gasteiger partial charge in [0.2, 0.25) is 0 Å². The molecule has 6 heteroatoms. The minimum Gasteiger partial charge on any atom is -0.550 e.